The number of nitrogens with zero attached hydrogens (tertiary/aromatic N) is 3. The van der Waals surface area contributed by atoms with Crippen LogP contribution in [0.3, 0.4) is 0 Å². The van der Waals surface area contributed by atoms with Gasteiger partial charge < -0.3 is 14.8 Å². The molecular formula is C18H11FN4O2. The van der Waals surface area contributed by atoms with Crippen molar-refractivity contribution in [2.24, 2.45) is 0 Å². The first kappa shape index (κ1) is 17.3. The fraction of sp³-hybridized carbons (Fsp3) is 0.0556. The third-order valence-corrected chi connectivity index (χ3v) is 3.07. The summed E-state index contributed by atoms with van der Waals surface area (Å²) >= 11 is 0. The van der Waals surface area contributed by atoms with Crippen molar-refractivity contribution in [1.82, 2.24) is 0 Å². The highest BCUT2D eigenvalue weighted by Gasteiger charge is 2.10. The maximum Gasteiger partial charge on any atom is 0.167 e. The number of ether oxygens (including phenoxy) is 2. The van der Waals surface area contributed by atoms with Gasteiger partial charge in [0.25, 0.3) is 0 Å². The summed E-state index contributed by atoms with van der Waals surface area (Å²) in [4.78, 5) is 0. The fourth-order valence-electron chi connectivity index (χ4n) is 1.86. The molecule has 2 rings (SSSR count). The minimum atomic E-state index is -0.673. The van der Waals surface area contributed by atoms with E-state index in [1.165, 1.54) is 19.2 Å². The molecule has 0 aromatic heterocycles. The molecule has 0 aliphatic heterocycles. The zero-order chi connectivity index (χ0) is 18.2. The Morgan fingerprint density at radius 1 is 0.960 bits per heavy atom. The number of allylic oxidation sites excluding steroid dienone is 2. The van der Waals surface area contributed by atoms with Crippen LogP contribution in [0.4, 0.5) is 10.1 Å². The number of hydrogen-bond acceptors (Lipinski definition) is 6. The topological polar surface area (TPSA) is 102 Å². The summed E-state index contributed by atoms with van der Waals surface area (Å²) in [6, 6.07) is 15.4. The molecule has 0 fully saturated rings. The van der Waals surface area contributed by atoms with Crippen molar-refractivity contribution < 1.29 is 13.9 Å². The van der Waals surface area contributed by atoms with Gasteiger partial charge in [0.1, 0.15) is 35.4 Å². The predicted molar refractivity (Wildman–Crippen MR) is 87.0 cm³/mol. The third kappa shape index (κ3) is 4.25. The zero-order valence-electron chi connectivity index (χ0n) is 13.1. The van der Waals surface area contributed by atoms with Crippen LogP contribution in [0.2, 0.25) is 0 Å². The van der Waals surface area contributed by atoms with Gasteiger partial charge in [-0.05, 0) is 36.4 Å². The maximum atomic E-state index is 14.2. The van der Waals surface area contributed by atoms with E-state index in [9.17, 15) is 4.39 Å². The Hall–Kier alpha value is -4.02. The molecule has 0 atom stereocenters. The van der Waals surface area contributed by atoms with Gasteiger partial charge in [0.2, 0.25) is 0 Å². The number of nitriles is 3. The highest BCUT2D eigenvalue weighted by Crippen LogP contribution is 2.28. The first-order valence-electron chi connectivity index (χ1n) is 6.94. The van der Waals surface area contributed by atoms with Crippen LogP contribution in [0.15, 0.2) is 53.7 Å². The van der Waals surface area contributed by atoms with E-state index in [-0.39, 0.29) is 22.7 Å². The second-order valence-electron chi connectivity index (χ2n) is 4.63. The number of hydrogen-bond donors (Lipinski definition) is 1. The molecule has 0 unspecified atom stereocenters. The van der Waals surface area contributed by atoms with Gasteiger partial charge in [0, 0.05) is 11.8 Å². The van der Waals surface area contributed by atoms with E-state index in [0.29, 0.717) is 11.5 Å². The van der Waals surface area contributed by atoms with Crippen molar-refractivity contribution in [3.8, 4) is 35.5 Å². The second kappa shape index (κ2) is 8.01. The molecule has 2 aromatic rings. The molecule has 122 valence electrons. The Kier molecular flexibility index (Phi) is 5.55. The van der Waals surface area contributed by atoms with Crippen molar-refractivity contribution in [3.05, 3.63) is 59.6 Å². The second-order valence-corrected chi connectivity index (χ2v) is 4.63. The average Bonchev–Trinajstić information content (AvgIpc) is 2.64. The van der Waals surface area contributed by atoms with Gasteiger partial charge in [-0.1, -0.05) is 0 Å². The molecular weight excluding hydrogens is 323 g/mol. The smallest absolute Gasteiger partial charge is 0.167 e. The van der Waals surface area contributed by atoms with E-state index in [1.54, 1.807) is 42.5 Å². The fourth-order valence-corrected chi connectivity index (χ4v) is 1.86. The molecule has 0 amide bonds. The van der Waals surface area contributed by atoms with Crippen LogP contribution in [0.5, 0.6) is 17.2 Å². The van der Waals surface area contributed by atoms with Gasteiger partial charge in [-0.3, -0.25) is 0 Å². The molecule has 25 heavy (non-hydrogen) atoms. The minimum Gasteiger partial charge on any atom is -0.497 e. The van der Waals surface area contributed by atoms with Crippen LogP contribution < -0.4 is 14.8 Å². The van der Waals surface area contributed by atoms with E-state index in [1.807, 2.05) is 0 Å². The van der Waals surface area contributed by atoms with Gasteiger partial charge in [0.15, 0.2) is 17.1 Å². The summed E-state index contributed by atoms with van der Waals surface area (Å²) in [6.45, 7) is 0. The number of halogens is 1. The van der Waals surface area contributed by atoms with Gasteiger partial charge >= 0.3 is 0 Å². The quantitative estimate of drug-likeness (QED) is 0.833. The Morgan fingerprint density at radius 2 is 1.60 bits per heavy atom. The lowest BCUT2D eigenvalue weighted by Crippen LogP contribution is -2.01. The van der Waals surface area contributed by atoms with E-state index in [4.69, 9.17) is 25.3 Å². The molecule has 0 spiro atoms. The average molecular weight is 334 g/mol. The number of nitrogens with one attached hydrogen (secondary N) is 1. The molecule has 0 saturated carbocycles. The van der Waals surface area contributed by atoms with Gasteiger partial charge in [0.05, 0.1) is 7.11 Å². The molecule has 0 saturated heterocycles. The maximum absolute atomic E-state index is 14.2. The van der Waals surface area contributed by atoms with Crippen LogP contribution in [-0.4, -0.2) is 7.11 Å². The Balaban J connectivity index is 2.21. The molecule has 0 bridgehead atoms. The summed E-state index contributed by atoms with van der Waals surface area (Å²) in [6.07, 6.45) is 0. The van der Waals surface area contributed by atoms with Crippen LogP contribution in [0.25, 0.3) is 0 Å². The highest BCUT2D eigenvalue weighted by molar-refractivity contribution is 5.59. The third-order valence-electron chi connectivity index (χ3n) is 3.07. The van der Waals surface area contributed by atoms with Crippen LogP contribution in [0.1, 0.15) is 0 Å². The largest absolute Gasteiger partial charge is 0.497 e. The van der Waals surface area contributed by atoms with E-state index >= 15 is 0 Å². The van der Waals surface area contributed by atoms with Crippen molar-refractivity contribution in [2.75, 3.05) is 12.4 Å². The van der Waals surface area contributed by atoms with Crippen LogP contribution in [0, 0.1) is 39.8 Å². The minimum absolute atomic E-state index is 0.0148. The van der Waals surface area contributed by atoms with Crippen molar-refractivity contribution in [1.29, 1.82) is 15.8 Å². The molecule has 7 heteroatoms. The summed E-state index contributed by atoms with van der Waals surface area (Å²) < 4.78 is 24.7. The Labute approximate surface area is 143 Å². The molecule has 0 aliphatic rings. The lowest BCUT2D eigenvalue weighted by atomic mass is 10.2. The lowest BCUT2D eigenvalue weighted by Gasteiger charge is -2.10. The molecule has 0 heterocycles. The Morgan fingerprint density at radius 3 is 2.12 bits per heavy atom. The molecule has 0 radical (unpaired) electrons. The van der Waals surface area contributed by atoms with Crippen LogP contribution >= 0.6 is 0 Å². The standard InChI is InChI=1S/C18H11FN4O2/c1-24-14-3-5-15(6-4-14)25-18-7-2-13(8-16(18)19)23-17(11-22)12(9-20)10-21/h2-8,23H,1H3. The van der Waals surface area contributed by atoms with Crippen molar-refractivity contribution in [3.63, 3.8) is 0 Å². The summed E-state index contributed by atoms with van der Waals surface area (Å²) in [5, 5.41) is 29.1. The molecule has 2 aromatic carbocycles. The highest BCUT2D eigenvalue weighted by atomic mass is 19.1. The normalized spacial score (nSPS) is 9.08. The first-order valence-corrected chi connectivity index (χ1v) is 6.94. The summed E-state index contributed by atoms with van der Waals surface area (Å²) in [7, 11) is 1.54. The summed E-state index contributed by atoms with van der Waals surface area (Å²) in [5.74, 6) is 0.385. The number of benzene rings is 2. The van der Waals surface area contributed by atoms with E-state index in [0.717, 1.165) is 6.07 Å². The first-order chi connectivity index (χ1) is 12.1. The summed E-state index contributed by atoms with van der Waals surface area (Å²) in [5.41, 5.74) is -0.436. The number of methoxy groups -OCH3 is 1. The predicted octanol–water partition coefficient (Wildman–Crippen LogP) is 3.86. The van der Waals surface area contributed by atoms with Gasteiger partial charge in [-0.25, -0.2) is 4.39 Å². The Bertz CT molecular complexity index is 916. The molecule has 0 aliphatic carbocycles. The van der Waals surface area contributed by atoms with E-state index in [2.05, 4.69) is 5.32 Å². The van der Waals surface area contributed by atoms with Gasteiger partial charge in [-0.2, -0.15) is 15.8 Å². The van der Waals surface area contributed by atoms with E-state index < -0.39 is 5.82 Å². The SMILES string of the molecule is COc1ccc(Oc2ccc(NC(C#N)=C(C#N)C#N)cc2F)cc1. The monoisotopic (exact) mass is 334 g/mol. The number of rotatable bonds is 5. The van der Waals surface area contributed by atoms with Crippen molar-refractivity contribution >= 4 is 5.69 Å². The molecule has 1 N–H and O–H groups in total. The lowest BCUT2D eigenvalue weighted by molar-refractivity contribution is 0.411. The molecule has 6 nitrogen and oxygen atoms in total. The zero-order valence-corrected chi connectivity index (χ0v) is 13.1. The van der Waals surface area contributed by atoms with Crippen molar-refractivity contribution in [2.45, 2.75) is 0 Å². The van der Waals surface area contributed by atoms with Gasteiger partial charge in [-0.15, -0.1) is 0 Å². The number of anilines is 1. The van der Waals surface area contributed by atoms with Crippen LogP contribution in [-0.2, 0) is 0 Å².